The molecule has 71 heavy (non-hydrogen) atoms. The van der Waals surface area contributed by atoms with Crippen LogP contribution in [0.2, 0.25) is 0 Å². The summed E-state index contributed by atoms with van der Waals surface area (Å²) in [4.78, 5) is 23.3. The summed E-state index contributed by atoms with van der Waals surface area (Å²) in [7, 11) is 1.54. The monoisotopic (exact) mass is 1020 g/mol. The number of rotatable bonds is 55. The molecule has 0 rings (SSSR count). The summed E-state index contributed by atoms with van der Waals surface area (Å²) in [6.07, 6.45) is 71.9. The standard InChI is InChI=1S/C62H117N2O6P/c1-6-8-10-12-14-16-18-20-22-24-26-28-29-30-31-32-33-34-36-37-39-41-43-45-47-49-51-53-55-61(65)60(59-70-71(67,68)69-58-57-64(3,4)5)63-62(66)56-54-52-50-48-46-44-42-40-38-35-27-25-23-21-19-17-15-13-11-9-7-2/h19,21,25,27,38,40,45,47,53,55,60-61,65H,6-18,20,22-24,26,28-37,39,41-44,46,48-52,54,56-59H2,1-5H3,(H-,63,66,67,68)/p+1/b21-19-,27-25-,40-38-,47-45+,55-53+. The van der Waals surface area contributed by atoms with Gasteiger partial charge in [0.05, 0.1) is 39.9 Å². The van der Waals surface area contributed by atoms with Gasteiger partial charge in [-0.15, -0.1) is 0 Å². The van der Waals surface area contributed by atoms with E-state index < -0.39 is 20.0 Å². The molecule has 0 heterocycles. The molecule has 0 aromatic rings. The summed E-state index contributed by atoms with van der Waals surface area (Å²) in [5, 5.41) is 13.9. The number of phosphoric ester groups is 1. The highest BCUT2D eigenvalue weighted by molar-refractivity contribution is 7.47. The molecule has 0 aliphatic rings. The van der Waals surface area contributed by atoms with Crippen LogP contribution in [0.5, 0.6) is 0 Å². The van der Waals surface area contributed by atoms with Crippen molar-refractivity contribution in [1.29, 1.82) is 0 Å². The predicted octanol–water partition coefficient (Wildman–Crippen LogP) is 18.5. The number of allylic oxidation sites excluding steroid dienone is 9. The van der Waals surface area contributed by atoms with Gasteiger partial charge >= 0.3 is 7.82 Å². The van der Waals surface area contributed by atoms with E-state index in [-0.39, 0.29) is 19.1 Å². The number of carbonyl (C=O) groups is 1. The van der Waals surface area contributed by atoms with Crippen molar-refractivity contribution in [2.45, 2.75) is 289 Å². The molecule has 0 fully saturated rings. The number of hydrogen-bond acceptors (Lipinski definition) is 5. The van der Waals surface area contributed by atoms with Gasteiger partial charge in [-0.25, -0.2) is 4.57 Å². The predicted molar refractivity (Wildman–Crippen MR) is 309 cm³/mol. The minimum absolute atomic E-state index is 0.0514. The van der Waals surface area contributed by atoms with E-state index >= 15 is 0 Å². The maximum absolute atomic E-state index is 13.0. The minimum atomic E-state index is -4.36. The first-order chi connectivity index (χ1) is 34.5. The smallest absolute Gasteiger partial charge is 0.387 e. The number of aliphatic hydroxyl groups is 1. The number of aliphatic hydroxyl groups excluding tert-OH is 1. The van der Waals surface area contributed by atoms with Crippen LogP contribution in [0.3, 0.4) is 0 Å². The van der Waals surface area contributed by atoms with Crippen molar-refractivity contribution in [3.63, 3.8) is 0 Å². The molecular weight excluding hydrogens is 900 g/mol. The van der Waals surface area contributed by atoms with Crippen LogP contribution in [0.1, 0.15) is 277 Å². The maximum atomic E-state index is 13.0. The number of hydrogen-bond donors (Lipinski definition) is 3. The lowest BCUT2D eigenvalue weighted by Crippen LogP contribution is -2.45. The van der Waals surface area contributed by atoms with Crippen molar-refractivity contribution >= 4 is 13.7 Å². The first-order valence-electron chi connectivity index (χ1n) is 30.2. The van der Waals surface area contributed by atoms with Gasteiger partial charge in [0.15, 0.2) is 0 Å². The van der Waals surface area contributed by atoms with Crippen LogP contribution < -0.4 is 5.32 Å². The molecule has 0 saturated carbocycles. The number of likely N-dealkylation sites (N-methyl/N-ethyl adjacent to an activating group) is 1. The molecule has 8 nitrogen and oxygen atoms in total. The number of nitrogens with one attached hydrogen (secondary N) is 1. The number of amides is 1. The third kappa shape index (κ3) is 55.8. The summed E-state index contributed by atoms with van der Waals surface area (Å²) >= 11 is 0. The zero-order valence-electron chi connectivity index (χ0n) is 47.5. The van der Waals surface area contributed by atoms with Crippen molar-refractivity contribution in [2.24, 2.45) is 0 Å². The summed E-state index contributed by atoms with van der Waals surface area (Å²) < 4.78 is 23.7. The second-order valence-electron chi connectivity index (χ2n) is 21.7. The molecule has 0 aromatic heterocycles. The van der Waals surface area contributed by atoms with E-state index in [0.29, 0.717) is 17.4 Å². The molecule has 1 amide bonds. The highest BCUT2D eigenvalue weighted by Gasteiger charge is 2.27. The normalized spacial score (nSPS) is 14.3. The largest absolute Gasteiger partial charge is 0.472 e. The zero-order valence-corrected chi connectivity index (χ0v) is 48.4. The molecule has 9 heteroatoms. The molecule has 0 aliphatic heterocycles. The number of quaternary nitrogens is 1. The lowest BCUT2D eigenvalue weighted by atomic mass is 10.0. The van der Waals surface area contributed by atoms with Gasteiger partial charge in [0.25, 0.3) is 0 Å². The number of unbranched alkanes of at least 4 members (excludes halogenated alkanes) is 34. The molecule has 3 atom stereocenters. The number of carbonyl (C=O) groups excluding carboxylic acids is 1. The van der Waals surface area contributed by atoms with Crippen LogP contribution in [0.25, 0.3) is 0 Å². The molecule has 0 saturated heterocycles. The minimum Gasteiger partial charge on any atom is -0.387 e. The first kappa shape index (κ1) is 69.2. The van der Waals surface area contributed by atoms with Crippen LogP contribution >= 0.6 is 7.82 Å². The van der Waals surface area contributed by atoms with Crippen molar-refractivity contribution in [1.82, 2.24) is 5.32 Å². The Morgan fingerprint density at radius 2 is 0.817 bits per heavy atom. The van der Waals surface area contributed by atoms with Crippen LogP contribution in [-0.4, -0.2) is 73.4 Å². The number of nitrogens with zero attached hydrogens (tertiary/aromatic N) is 1. The zero-order chi connectivity index (χ0) is 52.0. The average Bonchev–Trinajstić information content (AvgIpc) is 3.33. The molecule has 0 aliphatic carbocycles. The maximum Gasteiger partial charge on any atom is 0.472 e. The molecular formula is C62H118N2O6P+. The van der Waals surface area contributed by atoms with Gasteiger partial charge in [-0.2, -0.15) is 0 Å². The Morgan fingerprint density at radius 3 is 1.23 bits per heavy atom. The van der Waals surface area contributed by atoms with Gasteiger partial charge in [0.1, 0.15) is 13.2 Å². The van der Waals surface area contributed by atoms with Crippen molar-refractivity contribution in [3.8, 4) is 0 Å². The van der Waals surface area contributed by atoms with Crippen LogP contribution in [0, 0.1) is 0 Å². The summed E-state index contributed by atoms with van der Waals surface area (Å²) in [6, 6.07) is -0.874. The second-order valence-corrected chi connectivity index (χ2v) is 23.2. The topological polar surface area (TPSA) is 105 Å². The van der Waals surface area contributed by atoms with Crippen molar-refractivity contribution < 1.29 is 32.9 Å². The van der Waals surface area contributed by atoms with Crippen LogP contribution in [0.4, 0.5) is 0 Å². The van der Waals surface area contributed by atoms with Gasteiger partial charge in [-0.1, -0.05) is 261 Å². The second kappa shape index (κ2) is 53.0. The fourth-order valence-electron chi connectivity index (χ4n) is 8.71. The molecule has 0 spiro atoms. The average molecular weight is 1020 g/mol. The van der Waals surface area contributed by atoms with E-state index in [2.05, 4.69) is 67.8 Å². The molecule has 3 N–H and O–H groups in total. The Hall–Kier alpha value is -1.80. The van der Waals surface area contributed by atoms with Gasteiger partial charge in [-0.3, -0.25) is 13.8 Å². The van der Waals surface area contributed by atoms with Crippen LogP contribution in [-0.2, 0) is 18.4 Å². The SMILES string of the molecule is CCCCCCC/C=C\C/C=C\C/C=C\CCCCCCCCC(=O)NC(COP(=O)(O)OCC[N+](C)(C)C)C(O)/C=C/CC/C=C/CCCCCCCCCCCCCCCCCCCCCCCC. The van der Waals surface area contributed by atoms with E-state index in [9.17, 15) is 19.4 Å². The highest BCUT2D eigenvalue weighted by Crippen LogP contribution is 2.43. The van der Waals surface area contributed by atoms with E-state index in [1.165, 1.54) is 193 Å². The summed E-state index contributed by atoms with van der Waals surface area (Å²) in [5.74, 6) is -0.198. The van der Waals surface area contributed by atoms with E-state index in [0.717, 1.165) is 64.2 Å². The quantitative estimate of drug-likeness (QED) is 0.0243. The molecule has 0 bridgehead atoms. The Bertz CT molecular complexity index is 1340. The Kier molecular flexibility index (Phi) is 51.7. The summed E-state index contributed by atoms with van der Waals surface area (Å²) in [5.41, 5.74) is 0. The van der Waals surface area contributed by atoms with Crippen LogP contribution in [0.15, 0.2) is 60.8 Å². The van der Waals surface area contributed by atoms with E-state index in [4.69, 9.17) is 9.05 Å². The van der Waals surface area contributed by atoms with Crippen molar-refractivity contribution in [3.05, 3.63) is 60.8 Å². The Morgan fingerprint density at radius 1 is 0.479 bits per heavy atom. The molecule has 416 valence electrons. The lowest BCUT2D eigenvalue weighted by Gasteiger charge is -2.25. The third-order valence-electron chi connectivity index (χ3n) is 13.5. The fourth-order valence-corrected chi connectivity index (χ4v) is 9.45. The van der Waals surface area contributed by atoms with E-state index in [1.807, 2.05) is 27.2 Å². The third-order valence-corrected chi connectivity index (χ3v) is 14.4. The van der Waals surface area contributed by atoms with Gasteiger partial charge in [-0.05, 0) is 70.6 Å². The van der Waals surface area contributed by atoms with Gasteiger partial charge < -0.3 is 19.8 Å². The van der Waals surface area contributed by atoms with Crippen molar-refractivity contribution in [2.75, 3.05) is 40.9 Å². The first-order valence-corrected chi connectivity index (χ1v) is 31.7. The molecule has 0 radical (unpaired) electrons. The molecule has 3 unspecified atom stereocenters. The Balaban J connectivity index is 4.24. The van der Waals surface area contributed by atoms with Gasteiger partial charge in [0.2, 0.25) is 5.91 Å². The highest BCUT2D eigenvalue weighted by atomic mass is 31.2. The fraction of sp³-hybridized carbons (Fsp3) is 0.823. The number of phosphoric acid groups is 1. The van der Waals surface area contributed by atoms with Gasteiger partial charge in [0, 0.05) is 6.42 Å². The Labute approximate surface area is 441 Å². The summed E-state index contributed by atoms with van der Waals surface area (Å²) in [6.45, 7) is 4.80. The van der Waals surface area contributed by atoms with E-state index in [1.54, 1.807) is 6.08 Å². The lowest BCUT2D eigenvalue weighted by molar-refractivity contribution is -0.870. The molecule has 0 aromatic carbocycles.